The lowest BCUT2D eigenvalue weighted by Gasteiger charge is -2.34. The van der Waals surface area contributed by atoms with Gasteiger partial charge in [0.1, 0.15) is 30.3 Å². The number of halogens is 2. The van der Waals surface area contributed by atoms with Crippen LogP contribution in [-0.2, 0) is 16.3 Å². The highest BCUT2D eigenvalue weighted by Crippen LogP contribution is 2.38. The number of carbonyl (C=O) groups excluding carboxylic acids is 1. The van der Waals surface area contributed by atoms with E-state index in [2.05, 4.69) is 15.0 Å². The van der Waals surface area contributed by atoms with Crippen LogP contribution in [-0.4, -0.2) is 79.2 Å². The van der Waals surface area contributed by atoms with E-state index in [4.69, 9.17) is 4.74 Å². The van der Waals surface area contributed by atoms with E-state index < -0.39 is 15.7 Å². The molecule has 2 amide bonds. The first-order valence-corrected chi connectivity index (χ1v) is 13.2. The second kappa shape index (κ2) is 10.0. The highest BCUT2D eigenvalue weighted by molar-refractivity contribution is 7.90. The van der Waals surface area contributed by atoms with Crippen molar-refractivity contribution < 1.29 is 50.8 Å². The predicted octanol–water partition coefficient (Wildman–Crippen LogP) is -0.360. The maximum absolute atomic E-state index is 14.8. The Balaban J connectivity index is 0.00000304. The number of ether oxygens (including phenoxy) is 1. The molecule has 4 heterocycles. The Morgan fingerprint density at radius 3 is 2.58 bits per heavy atom. The van der Waals surface area contributed by atoms with Crippen molar-refractivity contribution in [2.45, 2.75) is 30.3 Å². The first-order valence-electron chi connectivity index (χ1n) is 11.3. The van der Waals surface area contributed by atoms with E-state index in [0.717, 1.165) is 17.9 Å². The average Bonchev–Trinajstić information content (AvgIpc) is 3.46. The fourth-order valence-corrected chi connectivity index (χ4v) is 5.21. The van der Waals surface area contributed by atoms with Crippen molar-refractivity contribution in [3.05, 3.63) is 48.3 Å². The summed E-state index contributed by atoms with van der Waals surface area (Å²) in [6, 6.07) is 3.86. The monoisotopic (exact) mass is 628 g/mol. The maximum atomic E-state index is 14.8. The number of aliphatic imine (C=N–C) groups is 1. The zero-order valence-electron chi connectivity index (χ0n) is 19.8. The molecule has 0 N–H and O–H groups in total. The summed E-state index contributed by atoms with van der Waals surface area (Å²) in [6.45, 7) is 1.60. The Labute approximate surface area is 226 Å². The molecular weight excluding hydrogens is 602 g/mol. The Hall–Kier alpha value is -2.65. The van der Waals surface area contributed by atoms with E-state index in [1.807, 2.05) is 4.90 Å². The molecule has 0 saturated carbocycles. The van der Waals surface area contributed by atoms with Gasteiger partial charge < -0.3 is 33.6 Å². The number of benzene rings is 1. The van der Waals surface area contributed by atoms with Gasteiger partial charge in [0.15, 0.2) is 9.84 Å². The summed E-state index contributed by atoms with van der Waals surface area (Å²) in [6.07, 6.45) is 9.20. The number of urea groups is 1. The van der Waals surface area contributed by atoms with Crippen LogP contribution in [0.25, 0.3) is 0 Å². The summed E-state index contributed by atoms with van der Waals surface area (Å²) < 4.78 is 44.5. The Morgan fingerprint density at radius 1 is 1.19 bits per heavy atom. The smallest absolute Gasteiger partial charge is 0.429 e. The van der Waals surface area contributed by atoms with Gasteiger partial charge >= 0.3 is 6.03 Å². The Bertz CT molecular complexity index is 1330. The third kappa shape index (κ3) is 4.95. The van der Waals surface area contributed by atoms with Gasteiger partial charge in [-0.2, -0.15) is 4.48 Å². The molecule has 10 nitrogen and oxygen atoms in total. The van der Waals surface area contributed by atoms with Crippen molar-refractivity contribution in [2.75, 3.05) is 37.8 Å². The van der Waals surface area contributed by atoms with Crippen LogP contribution in [0, 0.1) is 5.82 Å². The molecule has 1 atom stereocenters. The van der Waals surface area contributed by atoms with Gasteiger partial charge in [0.25, 0.3) is 0 Å². The lowest BCUT2D eigenvalue weighted by molar-refractivity contribution is -0.670. The highest BCUT2D eigenvalue weighted by Gasteiger charge is 2.38. The molecule has 5 rings (SSSR count). The fraction of sp³-hybridized carbons (Fsp3) is 0.391. The minimum atomic E-state index is -3.51. The van der Waals surface area contributed by atoms with Crippen LogP contribution in [0.5, 0.6) is 5.88 Å². The van der Waals surface area contributed by atoms with Gasteiger partial charge in [0.2, 0.25) is 12.2 Å². The Kier molecular flexibility index (Phi) is 7.35. The van der Waals surface area contributed by atoms with Crippen LogP contribution < -0.4 is 33.6 Å². The van der Waals surface area contributed by atoms with E-state index in [0.29, 0.717) is 50.6 Å². The summed E-state index contributed by atoms with van der Waals surface area (Å²) in [5, 5.41) is 0. The first-order chi connectivity index (χ1) is 16.7. The molecule has 3 aliphatic heterocycles. The normalized spacial score (nSPS) is 21.4. The molecule has 192 valence electrons. The van der Waals surface area contributed by atoms with Crippen molar-refractivity contribution in [3.8, 4) is 5.88 Å². The number of nitrogens with zero attached hydrogens (tertiary/aromatic N) is 6. The minimum absolute atomic E-state index is 0. The number of aromatic nitrogens is 2. The third-order valence-corrected chi connectivity index (χ3v) is 7.64. The third-order valence-electron chi connectivity index (χ3n) is 6.53. The van der Waals surface area contributed by atoms with Gasteiger partial charge in [-0.25, -0.2) is 32.6 Å². The number of amides is 2. The number of sulfone groups is 1. The van der Waals surface area contributed by atoms with Crippen LogP contribution in [0.2, 0.25) is 0 Å². The SMILES string of the molecule is C[N+]1(C(=O)N2CCC(Oc3ncnc4c3CCN4c3ccc(S(C)(=O)=O)cc3F)CC2)C=CN=C1.[I-]. The number of hydrogen-bond acceptors (Lipinski definition) is 8. The van der Waals surface area contributed by atoms with Crippen molar-refractivity contribution in [3.63, 3.8) is 0 Å². The largest absolute Gasteiger partial charge is 1.00 e. The molecule has 1 aromatic heterocycles. The number of hydrogen-bond donors (Lipinski definition) is 0. The summed E-state index contributed by atoms with van der Waals surface area (Å²) in [5.74, 6) is 0.378. The number of likely N-dealkylation sites (tertiary alicyclic amines) is 1. The highest BCUT2D eigenvalue weighted by atomic mass is 127. The molecule has 0 radical (unpaired) electrons. The molecule has 36 heavy (non-hydrogen) atoms. The lowest BCUT2D eigenvalue weighted by atomic mass is 10.1. The van der Waals surface area contributed by atoms with Gasteiger partial charge in [-0.05, 0) is 24.6 Å². The molecule has 3 aliphatic rings. The van der Waals surface area contributed by atoms with Gasteiger partial charge in [-0.1, -0.05) is 0 Å². The molecule has 0 bridgehead atoms. The summed E-state index contributed by atoms with van der Waals surface area (Å²) >= 11 is 0. The molecule has 1 fully saturated rings. The topological polar surface area (TPSA) is 105 Å². The first kappa shape index (κ1) is 26.4. The van der Waals surface area contributed by atoms with Crippen molar-refractivity contribution in [2.24, 2.45) is 4.99 Å². The zero-order chi connectivity index (χ0) is 24.8. The number of carbonyl (C=O) groups is 1. The average molecular weight is 628 g/mol. The lowest BCUT2D eigenvalue weighted by Crippen LogP contribution is -3.00. The molecular formula is C23H26FIN6O4S. The second-order valence-electron chi connectivity index (χ2n) is 9.06. The molecule has 0 aliphatic carbocycles. The van der Waals surface area contributed by atoms with Crippen LogP contribution in [0.15, 0.2) is 46.8 Å². The van der Waals surface area contributed by atoms with Gasteiger partial charge in [0, 0.05) is 38.7 Å². The molecule has 2 aromatic rings. The summed E-state index contributed by atoms with van der Waals surface area (Å²) in [5.41, 5.74) is 1.04. The van der Waals surface area contributed by atoms with E-state index in [1.165, 1.54) is 18.5 Å². The van der Waals surface area contributed by atoms with Gasteiger partial charge in [-0.15, -0.1) is 0 Å². The molecule has 13 heteroatoms. The Morgan fingerprint density at radius 2 is 1.94 bits per heavy atom. The number of rotatable bonds is 4. The van der Waals surface area contributed by atoms with Crippen LogP contribution in [0.3, 0.4) is 0 Å². The van der Waals surface area contributed by atoms with Crippen LogP contribution >= 0.6 is 0 Å². The van der Waals surface area contributed by atoms with Crippen molar-refractivity contribution in [1.82, 2.24) is 14.9 Å². The number of fused-ring (bicyclic) bond motifs is 1. The molecule has 0 spiro atoms. The van der Waals surface area contributed by atoms with Gasteiger partial charge in [-0.3, -0.25) is 4.90 Å². The van der Waals surface area contributed by atoms with Crippen molar-refractivity contribution in [1.29, 1.82) is 0 Å². The number of piperidine rings is 1. The molecule has 1 aromatic carbocycles. The van der Waals surface area contributed by atoms with E-state index >= 15 is 0 Å². The fourth-order valence-electron chi connectivity index (χ4n) is 4.57. The number of quaternary nitrogens is 1. The van der Waals surface area contributed by atoms with E-state index in [9.17, 15) is 17.6 Å². The predicted molar refractivity (Wildman–Crippen MR) is 127 cm³/mol. The molecule has 1 unspecified atom stereocenters. The van der Waals surface area contributed by atoms with E-state index in [1.54, 1.807) is 30.7 Å². The van der Waals surface area contributed by atoms with Crippen LogP contribution in [0.1, 0.15) is 18.4 Å². The van der Waals surface area contributed by atoms with Crippen molar-refractivity contribution >= 4 is 33.7 Å². The van der Waals surface area contributed by atoms with Crippen LogP contribution in [0.4, 0.5) is 20.7 Å². The maximum Gasteiger partial charge on any atom is 0.429 e. The summed E-state index contributed by atoms with van der Waals surface area (Å²) in [7, 11) is -1.71. The number of anilines is 2. The quantitative estimate of drug-likeness (QED) is 0.337. The van der Waals surface area contributed by atoms with E-state index in [-0.39, 0.29) is 51.2 Å². The molecule has 1 saturated heterocycles. The summed E-state index contributed by atoms with van der Waals surface area (Å²) in [4.78, 5) is 29.0. The standard InChI is InChI=1S/C23H26FN6O4S.HI/c1-30(12-8-25-15-30)23(31)28-9-5-16(6-10-28)34-22-18-7-11-29(21(18)26-14-27-22)20-4-3-17(13-19(20)24)35(2,32)33;/h3-4,8,12-16H,5-7,9-11H2,1-2H3;1H/q+1;/p-1. The minimum Gasteiger partial charge on any atom is -1.00 e. The second-order valence-corrected chi connectivity index (χ2v) is 11.1. The van der Waals surface area contributed by atoms with Gasteiger partial charge in [0.05, 0.1) is 29.4 Å². The zero-order valence-corrected chi connectivity index (χ0v) is 22.8.